The highest BCUT2D eigenvalue weighted by molar-refractivity contribution is 5.76. The fourth-order valence-electron chi connectivity index (χ4n) is 2.93. The van der Waals surface area contributed by atoms with Crippen LogP contribution in [0.1, 0.15) is 18.4 Å². The zero-order valence-corrected chi connectivity index (χ0v) is 13.5. The highest BCUT2D eigenvalue weighted by Gasteiger charge is 2.24. The number of halogens is 1. The van der Waals surface area contributed by atoms with Gasteiger partial charge in [-0.25, -0.2) is 9.18 Å². The van der Waals surface area contributed by atoms with Crippen molar-refractivity contribution >= 4 is 11.7 Å². The van der Waals surface area contributed by atoms with Gasteiger partial charge in [0.1, 0.15) is 11.6 Å². The number of H-pyrrole nitrogens is 2. The number of carbonyl (C=O) groups excluding carboxylic acids is 1. The lowest BCUT2D eigenvalue weighted by molar-refractivity contribution is -0.121. The van der Waals surface area contributed by atoms with Gasteiger partial charge in [0.05, 0.1) is 0 Å². The highest BCUT2D eigenvalue weighted by atomic mass is 19.1. The number of aryl methyl sites for hydroxylation is 1. The molecule has 7 nitrogen and oxygen atoms in total. The molecule has 0 radical (unpaired) electrons. The summed E-state index contributed by atoms with van der Waals surface area (Å²) in [5.41, 5.74) is -0.0921. The van der Waals surface area contributed by atoms with Gasteiger partial charge in [-0.2, -0.15) is 0 Å². The van der Waals surface area contributed by atoms with Gasteiger partial charge in [-0.3, -0.25) is 19.6 Å². The second-order valence-corrected chi connectivity index (χ2v) is 6.10. The fraction of sp³-hybridized carbons (Fsp3) is 0.353. The Labute approximate surface area is 142 Å². The summed E-state index contributed by atoms with van der Waals surface area (Å²) in [6.45, 7) is 1.17. The van der Waals surface area contributed by atoms with Crippen LogP contribution in [0.15, 0.2) is 39.9 Å². The van der Waals surface area contributed by atoms with Crippen molar-refractivity contribution in [3.8, 4) is 0 Å². The third-order valence-corrected chi connectivity index (χ3v) is 4.19. The van der Waals surface area contributed by atoms with Crippen LogP contribution in [0.4, 0.5) is 10.2 Å². The Morgan fingerprint density at radius 2 is 2.00 bits per heavy atom. The van der Waals surface area contributed by atoms with E-state index in [-0.39, 0.29) is 17.8 Å². The van der Waals surface area contributed by atoms with E-state index in [2.05, 4.69) is 15.3 Å². The van der Waals surface area contributed by atoms with Gasteiger partial charge in [0.15, 0.2) is 0 Å². The number of hydrogen-bond donors (Lipinski definition) is 3. The first-order valence-corrected chi connectivity index (χ1v) is 8.12. The Morgan fingerprint density at radius 1 is 1.24 bits per heavy atom. The largest absolute Gasteiger partial charge is 0.356 e. The first kappa shape index (κ1) is 16.9. The molecule has 8 heteroatoms. The van der Waals surface area contributed by atoms with E-state index >= 15 is 0 Å². The second kappa shape index (κ2) is 7.33. The average Bonchev–Trinajstić information content (AvgIpc) is 3.02. The molecule has 1 aliphatic heterocycles. The predicted molar refractivity (Wildman–Crippen MR) is 91.2 cm³/mol. The molecule has 1 saturated heterocycles. The lowest BCUT2D eigenvalue weighted by Crippen LogP contribution is -2.38. The molecule has 132 valence electrons. The van der Waals surface area contributed by atoms with E-state index < -0.39 is 11.2 Å². The molecule has 1 aromatic heterocycles. The van der Waals surface area contributed by atoms with Crippen LogP contribution >= 0.6 is 0 Å². The number of hydrogen-bond acceptors (Lipinski definition) is 4. The Bertz CT molecular complexity index is 831. The molecular formula is C17H19FN4O3. The van der Waals surface area contributed by atoms with E-state index in [1.165, 1.54) is 18.2 Å². The zero-order valence-electron chi connectivity index (χ0n) is 13.5. The van der Waals surface area contributed by atoms with Crippen LogP contribution < -0.4 is 21.5 Å². The molecule has 0 spiro atoms. The topological polar surface area (TPSA) is 98.1 Å². The molecule has 1 aromatic carbocycles. The fourth-order valence-corrected chi connectivity index (χ4v) is 2.93. The lowest BCUT2D eigenvalue weighted by atomic mass is 10.1. The zero-order chi connectivity index (χ0) is 17.8. The van der Waals surface area contributed by atoms with E-state index in [0.29, 0.717) is 31.7 Å². The van der Waals surface area contributed by atoms with Gasteiger partial charge in [-0.05, 0) is 30.5 Å². The number of aromatic nitrogens is 2. The minimum absolute atomic E-state index is 0.0384. The van der Waals surface area contributed by atoms with Gasteiger partial charge >= 0.3 is 5.69 Å². The Balaban J connectivity index is 1.50. The molecule has 1 atom stereocenters. The maximum absolute atomic E-state index is 12.9. The summed E-state index contributed by atoms with van der Waals surface area (Å²) in [5.74, 6) is 0.0874. The maximum atomic E-state index is 12.9. The van der Waals surface area contributed by atoms with Crippen molar-refractivity contribution in [2.24, 2.45) is 0 Å². The summed E-state index contributed by atoms with van der Waals surface area (Å²) in [4.78, 5) is 41.4. The Hall–Kier alpha value is -2.90. The van der Waals surface area contributed by atoms with Crippen molar-refractivity contribution in [3.63, 3.8) is 0 Å². The van der Waals surface area contributed by atoms with Crippen molar-refractivity contribution < 1.29 is 9.18 Å². The van der Waals surface area contributed by atoms with Gasteiger partial charge in [-0.1, -0.05) is 12.1 Å². The molecule has 0 unspecified atom stereocenters. The van der Waals surface area contributed by atoms with Crippen molar-refractivity contribution in [1.29, 1.82) is 0 Å². The maximum Gasteiger partial charge on any atom is 0.327 e. The first-order valence-electron chi connectivity index (χ1n) is 8.12. The van der Waals surface area contributed by atoms with Crippen molar-refractivity contribution in [2.45, 2.75) is 25.3 Å². The molecule has 0 saturated carbocycles. The number of aromatic amines is 2. The number of nitrogens with one attached hydrogen (secondary N) is 3. The number of amides is 1. The van der Waals surface area contributed by atoms with E-state index in [0.717, 1.165) is 12.0 Å². The Kier molecular flexibility index (Phi) is 4.97. The van der Waals surface area contributed by atoms with Crippen LogP contribution in [0.2, 0.25) is 0 Å². The second-order valence-electron chi connectivity index (χ2n) is 6.10. The minimum atomic E-state index is -0.547. The summed E-state index contributed by atoms with van der Waals surface area (Å²) >= 11 is 0. The van der Waals surface area contributed by atoms with Crippen LogP contribution in [0.25, 0.3) is 0 Å². The third-order valence-electron chi connectivity index (χ3n) is 4.19. The van der Waals surface area contributed by atoms with Gasteiger partial charge in [0.25, 0.3) is 5.56 Å². The SMILES string of the molecule is O=C(CCc1ccc(F)cc1)N[C@@H]1CCN(c2cc(=O)[nH]c(=O)[nH]2)C1. The Morgan fingerprint density at radius 3 is 2.72 bits per heavy atom. The van der Waals surface area contributed by atoms with E-state index in [1.807, 2.05) is 4.90 Å². The number of carbonyl (C=O) groups is 1. The monoisotopic (exact) mass is 346 g/mol. The summed E-state index contributed by atoms with van der Waals surface area (Å²) in [5, 5.41) is 2.96. The summed E-state index contributed by atoms with van der Waals surface area (Å²) in [6, 6.07) is 7.39. The first-order chi connectivity index (χ1) is 12.0. The average molecular weight is 346 g/mol. The molecule has 0 bridgehead atoms. The van der Waals surface area contributed by atoms with Crippen molar-refractivity contribution in [3.05, 3.63) is 62.6 Å². The summed E-state index contributed by atoms with van der Waals surface area (Å²) < 4.78 is 12.9. The number of anilines is 1. The molecule has 1 fully saturated rings. The number of rotatable bonds is 5. The molecule has 2 aromatic rings. The quantitative estimate of drug-likeness (QED) is 0.736. The van der Waals surface area contributed by atoms with Gasteiger partial charge < -0.3 is 10.2 Å². The lowest BCUT2D eigenvalue weighted by Gasteiger charge is -2.18. The third kappa shape index (κ3) is 4.56. The number of nitrogens with zero attached hydrogens (tertiary/aromatic N) is 1. The van der Waals surface area contributed by atoms with Crippen molar-refractivity contribution in [1.82, 2.24) is 15.3 Å². The van der Waals surface area contributed by atoms with Gasteiger partial charge in [-0.15, -0.1) is 0 Å². The number of benzene rings is 1. The normalized spacial score (nSPS) is 16.8. The van der Waals surface area contributed by atoms with Gasteiger partial charge in [0.2, 0.25) is 5.91 Å². The predicted octanol–water partition coefficient (Wildman–Crippen LogP) is 0.530. The summed E-state index contributed by atoms with van der Waals surface area (Å²) in [7, 11) is 0. The van der Waals surface area contributed by atoms with Crippen molar-refractivity contribution in [2.75, 3.05) is 18.0 Å². The summed E-state index contributed by atoms with van der Waals surface area (Å²) in [6.07, 6.45) is 1.60. The molecule has 3 rings (SSSR count). The van der Waals surface area contributed by atoms with Crippen LogP contribution in [-0.4, -0.2) is 35.0 Å². The smallest absolute Gasteiger partial charge is 0.327 e. The van der Waals surface area contributed by atoms with Crippen LogP contribution in [0.5, 0.6) is 0 Å². The van der Waals surface area contributed by atoms with Crippen LogP contribution in [-0.2, 0) is 11.2 Å². The van der Waals surface area contributed by atoms with E-state index in [1.54, 1.807) is 12.1 Å². The molecule has 2 heterocycles. The minimum Gasteiger partial charge on any atom is -0.356 e. The molecule has 1 aliphatic rings. The van der Waals surface area contributed by atoms with Crippen LogP contribution in [0, 0.1) is 5.82 Å². The molecule has 25 heavy (non-hydrogen) atoms. The van der Waals surface area contributed by atoms with E-state index in [9.17, 15) is 18.8 Å². The molecule has 3 N–H and O–H groups in total. The highest BCUT2D eigenvalue weighted by Crippen LogP contribution is 2.15. The van der Waals surface area contributed by atoms with Gasteiger partial charge in [0, 0.05) is 31.6 Å². The molecule has 0 aliphatic carbocycles. The van der Waals surface area contributed by atoms with Crippen LogP contribution in [0.3, 0.4) is 0 Å². The van der Waals surface area contributed by atoms with E-state index in [4.69, 9.17) is 0 Å². The molecular weight excluding hydrogens is 327 g/mol. The standard InChI is InChI=1S/C17H19FN4O3/c18-12-4-1-11(2-5-12)3-6-15(23)19-13-7-8-22(10-13)14-9-16(24)21-17(25)20-14/h1-2,4-5,9,13H,3,6-8,10H2,(H,19,23)(H2,20,21,24,25)/t13-/m1/s1. The molecule has 1 amide bonds.